The molecule has 0 radical (unpaired) electrons. The van der Waals surface area contributed by atoms with Crippen molar-refractivity contribution in [2.24, 2.45) is 17.6 Å². The van der Waals surface area contributed by atoms with Gasteiger partial charge in [-0.25, -0.2) is 4.79 Å². The summed E-state index contributed by atoms with van der Waals surface area (Å²) in [6.07, 6.45) is 11.6. The molecule has 2 fully saturated rings. The lowest BCUT2D eigenvalue weighted by molar-refractivity contribution is -0.0131. The highest BCUT2D eigenvalue weighted by Gasteiger charge is 2.32. The van der Waals surface area contributed by atoms with Crippen molar-refractivity contribution in [2.75, 3.05) is 40.0 Å². The van der Waals surface area contributed by atoms with Gasteiger partial charge in [0.1, 0.15) is 0 Å². The molecule has 3 rings (SSSR count). The van der Waals surface area contributed by atoms with E-state index in [4.69, 9.17) is 15.2 Å². The fourth-order valence-electron chi connectivity index (χ4n) is 5.45. The lowest BCUT2D eigenvalue weighted by Crippen LogP contribution is -2.51. The molecular formula is C27H45N3O3. The van der Waals surface area contributed by atoms with Crippen LogP contribution in [-0.2, 0) is 9.47 Å². The van der Waals surface area contributed by atoms with Gasteiger partial charge in [0.05, 0.1) is 6.10 Å². The van der Waals surface area contributed by atoms with Crippen LogP contribution in [0.4, 0.5) is 4.79 Å². The molecule has 1 aliphatic carbocycles. The molecule has 0 spiro atoms. The van der Waals surface area contributed by atoms with Crippen molar-refractivity contribution in [3.8, 4) is 0 Å². The number of rotatable bonds is 12. The molecule has 1 saturated carbocycles. The minimum absolute atomic E-state index is 0.0110. The first-order valence-electron chi connectivity index (χ1n) is 13.1. The van der Waals surface area contributed by atoms with Gasteiger partial charge in [-0.2, -0.15) is 0 Å². The highest BCUT2D eigenvalue weighted by Crippen LogP contribution is 2.33. The molecule has 2 amide bonds. The molecule has 1 saturated heterocycles. The monoisotopic (exact) mass is 459 g/mol. The highest BCUT2D eigenvalue weighted by molar-refractivity contribution is 5.74. The Labute approximate surface area is 200 Å². The number of benzene rings is 1. The molecular weight excluding hydrogens is 414 g/mol. The van der Waals surface area contributed by atoms with Crippen LogP contribution in [-0.4, -0.2) is 56.9 Å². The number of carbonyl (C=O) groups is 1. The molecule has 6 heteroatoms. The van der Waals surface area contributed by atoms with Gasteiger partial charge in [0.25, 0.3) is 0 Å². The zero-order valence-electron chi connectivity index (χ0n) is 20.6. The minimum Gasteiger partial charge on any atom is -0.385 e. The molecule has 1 aromatic rings. The van der Waals surface area contributed by atoms with Gasteiger partial charge in [-0.1, -0.05) is 62.4 Å². The number of nitrogens with two attached hydrogens (primary N) is 1. The van der Waals surface area contributed by atoms with Crippen LogP contribution in [0.3, 0.4) is 0 Å². The number of amides is 2. The fraction of sp³-hybridized carbons (Fsp3) is 0.741. The summed E-state index contributed by atoms with van der Waals surface area (Å²) in [5, 5.41) is 3.26. The SMILES string of the molecule is COCCCCOC(c1ccccc1)C1CCCN(C(=O)NC(CN)CC2CCCCC2)C1. The van der Waals surface area contributed by atoms with Gasteiger partial charge >= 0.3 is 6.03 Å². The quantitative estimate of drug-likeness (QED) is 0.436. The van der Waals surface area contributed by atoms with Gasteiger partial charge in [0.2, 0.25) is 0 Å². The van der Waals surface area contributed by atoms with E-state index in [0.29, 0.717) is 25.0 Å². The Balaban J connectivity index is 1.56. The van der Waals surface area contributed by atoms with Gasteiger partial charge < -0.3 is 25.4 Å². The summed E-state index contributed by atoms with van der Waals surface area (Å²) < 4.78 is 11.6. The predicted molar refractivity (Wildman–Crippen MR) is 133 cm³/mol. The summed E-state index contributed by atoms with van der Waals surface area (Å²) in [6.45, 7) is 3.52. The molecule has 186 valence electrons. The largest absolute Gasteiger partial charge is 0.385 e. The number of hydrogen-bond acceptors (Lipinski definition) is 4. The van der Waals surface area contributed by atoms with Crippen LogP contribution >= 0.6 is 0 Å². The van der Waals surface area contributed by atoms with Crippen LogP contribution in [0.15, 0.2) is 30.3 Å². The summed E-state index contributed by atoms with van der Waals surface area (Å²) >= 11 is 0. The lowest BCUT2D eigenvalue weighted by Gasteiger charge is -2.38. The number of methoxy groups -OCH3 is 1. The zero-order chi connectivity index (χ0) is 23.3. The van der Waals surface area contributed by atoms with E-state index in [1.165, 1.54) is 37.7 Å². The highest BCUT2D eigenvalue weighted by atomic mass is 16.5. The van der Waals surface area contributed by atoms with Gasteiger partial charge in [-0.3, -0.25) is 0 Å². The first kappa shape index (κ1) is 26.0. The Kier molecular flexibility index (Phi) is 11.5. The molecule has 3 N–H and O–H groups in total. The van der Waals surface area contributed by atoms with Crippen molar-refractivity contribution < 1.29 is 14.3 Å². The molecule has 1 aromatic carbocycles. The Morgan fingerprint density at radius 3 is 2.58 bits per heavy atom. The molecule has 6 nitrogen and oxygen atoms in total. The maximum absolute atomic E-state index is 13.2. The fourth-order valence-corrected chi connectivity index (χ4v) is 5.45. The Morgan fingerprint density at radius 2 is 1.85 bits per heavy atom. The van der Waals surface area contributed by atoms with Crippen LogP contribution in [0.2, 0.25) is 0 Å². The second kappa shape index (κ2) is 14.6. The molecule has 3 unspecified atom stereocenters. The molecule has 3 atom stereocenters. The van der Waals surface area contributed by atoms with Crippen molar-refractivity contribution >= 4 is 6.03 Å². The third kappa shape index (κ3) is 8.58. The summed E-state index contributed by atoms with van der Waals surface area (Å²) in [7, 11) is 1.74. The summed E-state index contributed by atoms with van der Waals surface area (Å²) in [5.41, 5.74) is 7.25. The molecule has 2 aliphatic rings. The molecule has 0 aromatic heterocycles. The summed E-state index contributed by atoms with van der Waals surface area (Å²) in [5.74, 6) is 1.000. The second-order valence-corrected chi connectivity index (χ2v) is 9.87. The van der Waals surface area contributed by atoms with Crippen molar-refractivity contribution in [1.29, 1.82) is 0 Å². The minimum atomic E-state index is 0.0110. The van der Waals surface area contributed by atoms with Crippen LogP contribution in [0.25, 0.3) is 0 Å². The van der Waals surface area contributed by atoms with Gasteiger partial charge in [-0.15, -0.1) is 0 Å². The zero-order valence-corrected chi connectivity index (χ0v) is 20.6. The van der Waals surface area contributed by atoms with Gasteiger partial charge in [-0.05, 0) is 43.6 Å². The molecule has 33 heavy (non-hydrogen) atoms. The smallest absolute Gasteiger partial charge is 0.317 e. The van der Waals surface area contributed by atoms with Crippen molar-refractivity contribution in [3.05, 3.63) is 35.9 Å². The number of unbranched alkanes of at least 4 members (excludes halogenated alkanes) is 1. The van der Waals surface area contributed by atoms with E-state index < -0.39 is 0 Å². The van der Waals surface area contributed by atoms with Crippen LogP contribution in [0, 0.1) is 11.8 Å². The Bertz CT molecular complexity index is 666. The van der Waals surface area contributed by atoms with Crippen LogP contribution in [0.1, 0.15) is 75.9 Å². The third-order valence-electron chi connectivity index (χ3n) is 7.30. The lowest BCUT2D eigenvalue weighted by atomic mass is 9.85. The maximum Gasteiger partial charge on any atom is 0.317 e. The number of nitrogens with one attached hydrogen (secondary N) is 1. The van der Waals surface area contributed by atoms with E-state index in [0.717, 1.165) is 51.8 Å². The van der Waals surface area contributed by atoms with E-state index in [1.54, 1.807) is 7.11 Å². The number of nitrogens with zero attached hydrogens (tertiary/aromatic N) is 1. The summed E-state index contributed by atoms with van der Waals surface area (Å²) in [4.78, 5) is 15.1. The average molecular weight is 460 g/mol. The third-order valence-corrected chi connectivity index (χ3v) is 7.30. The molecule has 1 aliphatic heterocycles. The van der Waals surface area contributed by atoms with Crippen molar-refractivity contribution in [1.82, 2.24) is 10.2 Å². The topological polar surface area (TPSA) is 76.8 Å². The van der Waals surface area contributed by atoms with Crippen LogP contribution < -0.4 is 11.1 Å². The first-order valence-corrected chi connectivity index (χ1v) is 13.1. The first-order chi connectivity index (χ1) is 16.2. The summed E-state index contributed by atoms with van der Waals surface area (Å²) in [6, 6.07) is 10.6. The van der Waals surface area contributed by atoms with Gasteiger partial charge in [0, 0.05) is 51.9 Å². The average Bonchev–Trinajstić information content (AvgIpc) is 2.87. The number of urea groups is 1. The number of hydrogen-bond donors (Lipinski definition) is 2. The van der Waals surface area contributed by atoms with E-state index in [9.17, 15) is 4.79 Å². The number of ether oxygens (including phenoxy) is 2. The standard InChI is InChI=1S/C27H45N3O3/c1-32-17-8-9-18-33-26(23-13-6-3-7-14-23)24-15-10-16-30(21-24)27(31)29-25(20-28)19-22-11-4-2-5-12-22/h3,6-7,13-14,22,24-26H,2,4-5,8-12,15-21,28H2,1H3,(H,29,31). The molecule has 0 bridgehead atoms. The second-order valence-electron chi connectivity index (χ2n) is 9.87. The predicted octanol–water partition coefficient (Wildman–Crippen LogP) is 4.89. The maximum atomic E-state index is 13.2. The molecule has 1 heterocycles. The number of likely N-dealkylation sites (tertiary alicyclic amines) is 1. The van der Waals surface area contributed by atoms with Crippen LogP contribution in [0.5, 0.6) is 0 Å². The Hall–Kier alpha value is -1.63. The van der Waals surface area contributed by atoms with Crippen molar-refractivity contribution in [3.63, 3.8) is 0 Å². The van der Waals surface area contributed by atoms with E-state index >= 15 is 0 Å². The number of piperidine rings is 1. The van der Waals surface area contributed by atoms with Crippen molar-refractivity contribution in [2.45, 2.75) is 76.4 Å². The number of carbonyl (C=O) groups excluding carboxylic acids is 1. The van der Waals surface area contributed by atoms with Gasteiger partial charge in [0.15, 0.2) is 0 Å². The van der Waals surface area contributed by atoms with E-state index in [-0.39, 0.29) is 18.2 Å². The van der Waals surface area contributed by atoms with E-state index in [1.807, 2.05) is 11.0 Å². The Morgan fingerprint density at radius 1 is 1.09 bits per heavy atom. The van der Waals surface area contributed by atoms with E-state index in [2.05, 4.69) is 29.6 Å². The normalized spacial score (nSPS) is 21.5.